The number of hydrogen-bond donors (Lipinski definition) is 2. The van der Waals surface area contributed by atoms with Crippen molar-refractivity contribution < 1.29 is 24.3 Å². The molecule has 0 spiro atoms. The van der Waals surface area contributed by atoms with Crippen LogP contribution >= 0.6 is 0 Å². The van der Waals surface area contributed by atoms with Gasteiger partial charge in [0, 0.05) is 0 Å². The molecule has 0 radical (unpaired) electrons. The van der Waals surface area contributed by atoms with Crippen LogP contribution in [0.3, 0.4) is 0 Å². The van der Waals surface area contributed by atoms with Crippen LogP contribution in [0.4, 0.5) is 4.79 Å². The summed E-state index contributed by atoms with van der Waals surface area (Å²) in [6.07, 6.45) is -0.577. The molecule has 0 atom stereocenters. The first-order valence-electron chi connectivity index (χ1n) is 6.32. The highest BCUT2D eigenvalue weighted by molar-refractivity contribution is 5.67. The number of quaternary nitrogens is 1. The van der Waals surface area contributed by atoms with E-state index in [0.717, 1.165) is 0 Å². The Morgan fingerprint density at radius 1 is 1.37 bits per heavy atom. The zero-order valence-corrected chi connectivity index (χ0v) is 11.3. The van der Waals surface area contributed by atoms with Crippen molar-refractivity contribution in [2.75, 3.05) is 6.61 Å². The summed E-state index contributed by atoms with van der Waals surface area (Å²) >= 11 is 0. The standard InChI is InChI=1S/C13H18N2O4/c1-4-17-12(16)15-13(14-9(2)3)18-10-7-5-6-8-11(10)19-13/h5-9,14H,4H2,1-3H3,(H,15,16)/p+1. The van der Waals surface area contributed by atoms with E-state index in [0.29, 0.717) is 11.5 Å². The van der Waals surface area contributed by atoms with Crippen molar-refractivity contribution in [3.63, 3.8) is 0 Å². The van der Waals surface area contributed by atoms with Gasteiger partial charge in [-0.1, -0.05) is 12.1 Å². The minimum Gasteiger partial charge on any atom is -0.450 e. The van der Waals surface area contributed by atoms with Gasteiger partial charge in [-0.3, -0.25) is 0 Å². The van der Waals surface area contributed by atoms with Crippen molar-refractivity contribution in [1.82, 2.24) is 5.32 Å². The molecule has 104 valence electrons. The number of hydrogen-bond acceptors (Lipinski definition) is 4. The Morgan fingerprint density at radius 3 is 2.42 bits per heavy atom. The fourth-order valence-corrected chi connectivity index (χ4v) is 1.88. The number of nitrogens with one attached hydrogen (secondary N) is 1. The molecule has 0 bridgehead atoms. The van der Waals surface area contributed by atoms with E-state index in [9.17, 15) is 4.79 Å². The Hall–Kier alpha value is -1.95. The third-order valence-electron chi connectivity index (χ3n) is 2.48. The number of ether oxygens (including phenoxy) is 3. The molecule has 0 fully saturated rings. The highest BCUT2D eigenvalue weighted by atomic mass is 16.8. The molecule has 0 saturated carbocycles. The number of amides is 1. The summed E-state index contributed by atoms with van der Waals surface area (Å²) in [6.45, 7) is 5.98. The average Bonchev–Trinajstić information content (AvgIpc) is 2.65. The summed E-state index contributed by atoms with van der Waals surface area (Å²) in [5, 5.41) is 4.39. The van der Waals surface area contributed by atoms with Crippen LogP contribution < -0.4 is 20.1 Å². The third-order valence-corrected chi connectivity index (χ3v) is 2.48. The smallest absolute Gasteiger partial charge is 0.450 e. The lowest BCUT2D eigenvalue weighted by Crippen LogP contribution is -3.06. The van der Waals surface area contributed by atoms with E-state index in [-0.39, 0.29) is 12.6 Å². The Bertz CT molecular complexity index is 437. The van der Waals surface area contributed by atoms with Crippen LogP contribution in [0.1, 0.15) is 20.8 Å². The molecule has 1 aliphatic heterocycles. The fourth-order valence-electron chi connectivity index (χ4n) is 1.88. The molecule has 1 aliphatic rings. The predicted molar refractivity (Wildman–Crippen MR) is 67.6 cm³/mol. The molecule has 0 aliphatic carbocycles. The molecule has 3 N–H and O–H groups in total. The van der Waals surface area contributed by atoms with E-state index in [1.807, 2.05) is 26.0 Å². The quantitative estimate of drug-likeness (QED) is 0.791. The Labute approximate surface area is 112 Å². The highest BCUT2D eigenvalue weighted by Gasteiger charge is 2.49. The number of alkyl carbamates (subject to hydrolysis) is 1. The van der Waals surface area contributed by atoms with Gasteiger partial charge in [-0.2, -0.15) is 5.32 Å². The number of nitrogens with two attached hydrogens (primary N) is 1. The van der Waals surface area contributed by atoms with Crippen molar-refractivity contribution in [2.45, 2.75) is 32.8 Å². The zero-order valence-electron chi connectivity index (χ0n) is 11.3. The molecular formula is C13H19N2O4+. The minimum absolute atomic E-state index is 0.163. The van der Waals surface area contributed by atoms with Gasteiger partial charge >= 0.3 is 12.1 Å². The van der Waals surface area contributed by atoms with Gasteiger partial charge in [0.25, 0.3) is 0 Å². The number of carbonyl (C=O) groups excluding carboxylic acids is 1. The largest absolute Gasteiger partial charge is 0.503 e. The fraction of sp³-hybridized carbons (Fsp3) is 0.462. The van der Waals surface area contributed by atoms with Crippen LogP contribution in [0.2, 0.25) is 0 Å². The first kappa shape index (κ1) is 13.5. The van der Waals surface area contributed by atoms with Crippen LogP contribution in [0, 0.1) is 0 Å². The molecule has 0 unspecified atom stereocenters. The molecular weight excluding hydrogens is 248 g/mol. The molecule has 6 heteroatoms. The number of fused-ring (bicyclic) bond motifs is 1. The van der Waals surface area contributed by atoms with Gasteiger partial charge in [0.2, 0.25) is 0 Å². The molecule has 1 aromatic rings. The summed E-state index contributed by atoms with van der Waals surface area (Å²) in [6, 6.07) is 6.13. The zero-order chi connectivity index (χ0) is 13.9. The van der Waals surface area contributed by atoms with Crippen LogP contribution in [0.15, 0.2) is 24.3 Å². The monoisotopic (exact) mass is 267 g/mol. The van der Waals surface area contributed by atoms with Crippen molar-refractivity contribution in [2.24, 2.45) is 0 Å². The van der Waals surface area contributed by atoms with Gasteiger partial charge in [0.15, 0.2) is 11.5 Å². The van der Waals surface area contributed by atoms with Gasteiger partial charge in [0.1, 0.15) is 0 Å². The SMILES string of the molecule is CCOC(=O)NC1([NH2+]C(C)C)Oc2ccccc2O1. The van der Waals surface area contributed by atoms with Gasteiger partial charge in [-0.15, -0.1) is 0 Å². The van der Waals surface area contributed by atoms with Gasteiger partial charge in [-0.05, 0) is 32.9 Å². The molecule has 1 amide bonds. The van der Waals surface area contributed by atoms with Crippen molar-refractivity contribution in [3.8, 4) is 11.5 Å². The Balaban J connectivity index is 2.17. The lowest BCUT2D eigenvalue weighted by Gasteiger charge is -2.25. The maximum absolute atomic E-state index is 11.6. The highest BCUT2D eigenvalue weighted by Crippen LogP contribution is 2.35. The second-order valence-electron chi connectivity index (χ2n) is 4.57. The molecule has 2 rings (SSSR count). The minimum atomic E-state index is -1.30. The van der Waals surface area contributed by atoms with E-state index in [2.05, 4.69) is 5.32 Å². The molecule has 0 saturated heterocycles. The van der Waals surface area contributed by atoms with E-state index in [1.165, 1.54) is 0 Å². The molecule has 1 heterocycles. The summed E-state index contributed by atoms with van der Waals surface area (Å²) < 4.78 is 16.3. The normalized spacial score (nSPS) is 15.4. The maximum atomic E-state index is 11.6. The number of benzene rings is 1. The molecule has 6 nitrogen and oxygen atoms in total. The van der Waals surface area contributed by atoms with Crippen molar-refractivity contribution >= 4 is 6.09 Å². The van der Waals surface area contributed by atoms with E-state index in [1.54, 1.807) is 24.4 Å². The first-order valence-corrected chi connectivity index (χ1v) is 6.32. The van der Waals surface area contributed by atoms with Crippen LogP contribution in [0.5, 0.6) is 11.5 Å². The van der Waals surface area contributed by atoms with Crippen LogP contribution in [0.25, 0.3) is 0 Å². The summed E-state index contributed by atoms with van der Waals surface area (Å²) in [5.41, 5.74) is 0. The Kier molecular flexibility index (Phi) is 3.80. The van der Waals surface area contributed by atoms with Crippen LogP contribution in [-0.2, 0) is 4.74 Å². The number of rotatable bonds is 4. The van der Waals surface area contributed by atoms with Gasteiger partial charge < -0.3 is 14.2 Å². The summed E-state index contributed by atoms with van der Waals surface area (Å²) in [7, 11) is 0. The molecule has 1 aromatic carbocycles. The number of carbonyl (C=O) groups is 1. The van der Waals surface area contributed by atoms with E-state index >= 15 is 0 Å². The number of para-hydroxylation sites is 2. The second kappa shape index (κ2) is 5.36. The van der Waals surface area contributed by atoms with Gasteiger partial charge in [0.05, 0.1) is 12.6 Å². The lowest BCUT2D eigenvalue weighted by molar-refractivity contribution is -0.817. The molecule has 0 aromatic heterocycles. The van der Waals surface area contributed by atoms with Crippen LogP contribution in [-0.4, -0.2) is 24.8 Å². The summed E-state index contributed by atoms with van der Waals surface area (Å²) in [4.78, 5) is 11.6. The predicted octanol–water partition coefficient (Wildman–Crippen LogP) is 0.787. The van der Waals surface area contributed by atoms with Gasteiger partial charge in [-0.25, -0.2) is 10.1 Å². The summed E-state index contributed by atoms with van der Waals surface area (Å²) in [5.74, 6) is 1.19. The maximum Gasteiger partial charge on any atom is 0.503 e. The van der Waals surface area contributed by atoms with Crippen molar-refractivity contribution in [1.29, 1.82) is 0 Å². The Morgan fingerprint density at radius 2 is 1.95 bits per heavy atom. The van der Waals surface area contributed by atoms with E-state index < -0.39 is 12.1 Å². The molecule has 19 heavy (non-hydrogen) atoms. The van der Waals surface area contributed by atoms with E-state index in [4.69, 9.17) is 14.2 Å². The third kappa shape index (κ3) is 3.08. The topological polar surface area (TPSA) is 73.4 Å². The average molecular weight is 267 g/mol. The second-order valence-corrected chi connectivity index (χ2v) is 4.57. The first-order chi connectivity index (χ1) is 9.04. The lowest BCUT2D eigenvalue weighted by atomic mass is 10.3. The van der Waals surface area contributed by atoms with Crippen molar-refractivity contribution in [3.05, 3.63) is 24.3 Å².